The molecule has 0 N–H and O–H groups in total. The van der Waals surface area contributed by atoms with Crippen molar-refractivity contribution in [2.24, 2.45) is 0 Å². The standard InChI is InChI=1S/C30H31FN4O4/c1-21(36)23-9-12-27(28(19-23)38-2)39-18-6-13-33-14-16-34(17-15-33)29-25-11-10-24(31)20-26(25)35(32-29)30(37)22-7-4-3-5-8-22/h3-5,7-12,19-20H,6,13-18H2,1-2H3. The van der Waals surface area contributed by atoms with Crippen molar-refractivity contribution >= 4 is 28.4 Å². The van der Waals surface area contributed by atoms with E-state index in [0.29, 0.717) is 40.6 Å². The summed E-state index contributed by atoms with van der Waals surface area (Å²) in [5, 5.41) is 5.41. The maximum absolute atomic E-state index is 14.1. The predicted molar refractivity (Wildman–Crippen MR) is 148 cm³/mol. The van der Waals surface area contributed by atoms with E-state index in [4.69, 9.17) is 9.47 Å². The highest BCUT2D eigenvalue weighted by molar-refractivity contribution is 6.04. The van der Waals surface area contributed by atoms with Gasteiger partial charge in [-0.25, -0.2) is 4.39 Å². The van der Waals surface area contributed by atoms with Crippen LogP contribution in [0.25, 0.3) is 10.9 Å². The van der Waals surface area contributed by atoms with Gasteiger partial charge in [0, 0.05) is 55.3 Å². The molecule has 0 unspecified atom stereocenters. The molecule has 1 aliphatic rings. The highest BCUT2D eigenvalue weighted by Crippen LogP contribution is 2.30. The van der Waals surface area contributed by atoms with Crippen LogP contribution in [0.5, 0.6) is 11.5 Å². The highest BCUT2D eigenvalue weighted by atomic mass is 19.1. The predicted octanol–water partition coefficient (Wildman–Crippen LogP) is 4.67. The zero-order chi connectivity index (χ0) is 27.4. The van der Waals surface area contributed by atoms with Gasteiger partial charge < -0.3 is 14.4 Å². The Kier molecular flexibility index (Phi) is 7.88. The lowest BCUT2D eigenvalue weighted by Gasteiger charge is -2.35. The second-order valence-corrected chi connectivity index (χ2v) is 9.52. The lowest BCUT2D eigenvalue weighted by molar-refractivity contribution is 0.0949. The number of hydrogen-bond acceptors (Lipinski definition) is 7. The molecular formula is C30H31FN4O4. The molecule has 0 radical (unpaired) electrons. The Bertz CT molecular complexity index is 1480. The topological polar surface area (TPSA) is 76.9 Å². The molecule has 0 aliphatic carbocycles. The number of carbonyl (C=O) groups is 2. The zero-order valence-electron chi connectivity index (χ0n) is 22.1. The van der Waals surface area contributed by atoms with Gasteiger partial charge in [0.05, 0.1) is 19.2 Å². The maximum atomic E-state index is 14.1. The van der Waals surface area contributed by atoms with Crippen molar-refractivity contribution in [2.75, 3.05) is 51.3 Å². The van der Waals surface area contributed by atoms with Crippen LogP contribution in [-0.4, -0.2) is 72.8 Å². The number of Topliss-reactive ketones (excluding diaryl/α,β-unsaturated/α-hetero) is 1. The van der Waals surface area contributed by atoms with Gasteiger partial charge >= 0.3 is 0 Å². The van der Waals surface area contributed by atoms with Crippen LogP contribution in [0.2, 0.25) is 0 Å². The maximum Gasteiger partial charge on any atom is 0.278 e. The Hall–Kier alpha value is -4.24. The number of aromatic nitrogens is 2. The van der Waals surface area contributed by atoms with E-state index in [1.165, 1.54) is 23.7 Å². The number of hydrogen-bond donors (Lipinski definition) is 0. The molecule has 4 aromatic rings. The van der Waals surface area contributed by atoms with E-state index in [2.05, 4.69) is 14.9 Å². The summed E-state index contributed by atoms with van der Waals surface area (Å²) < 4.78 is 26.7. The highest BCUT2D eigenvalue weighted by Gasteiger charge is 2.24. The first-order valence-electron chi connectivity index (χ1n) is 13.0. The van der Waals surface area contributed by atoms with Crippen molar-refractivity contribution < 1.29 is 23.5 Å². The van der Waals surface area contributed by atoms with Crippen LogP contribution in [0.3, 0.4) is 0 Å². The molecular weight excluding hydrogens is 499 g/mol. The molecule has 8 nitrogen and oxygen atoms in total. The van der Waals surface area contributed by atoms with Gasteiger partial charge in [0.25, 0.3) is 5.91 Å². The molecule has 0 saturated carbocycles. The number of fused-ring (bicyclic) bond motifs is 1. The summed E-state index contributed by atoms with van der Waals surface area (Å²) in [4.78, 5) is 29.3. The number of nitrogens with zero attached hydrogens (tertiary/aromatic N) is 4. The molecule has 0 bridgehead atoms. The Balaban J connectivity index is 1.19. The van der Waals surface area contributed by atoms with Gasteiger partial charge in [0.2, 0.25) is 0 Å². The van der Waals surface area contributed by atoms with Crippen LogP contribution in [-0.2, 0) is 0 Å². The summed E-state index contributed by atoms with van der Waals surface area (Å²) in [6.45, 7) is 6.06. The number of ketones is 1. The van der Waals surface area contributed by atoms with Crippen molar-refractivity contribution in [3.63, 3.8) is 0 Å². The van der Waals surface area contributed by atoms with E-state index >= 15 is 0 Å². The van der Waals surface area contributed by atoms with E-state index in [1.54, 1.807) is 55.6 Å². The number of ether oxygens (including phenoxy) is 2. The summed E-state index contributed by atoms with van der Waals surface area (Å²) >= 11 is 0. The van der Waals surface area contributed by atoms with Crippen LogP contribution in [0, 0.1) is 5.82 Å². The van der Waals surface area contributed by atoms with Gasteiger partial charge in [-0.05, 0) is 55.8 Å². The number of halogens is 1. The fraction of sp³-hybridized carbons (Fsp3) is 0.300. The molecule has 3 aromatic carbocycles. The first kappa shape index (κ1) is 26.4. The van der Waals surface area contributed by atoms with E-state index in [1.807, 2.05) is 6.07 Å². The van der Waals surface area contributed by atoms with E-state index in [-0.39, 0.29) is 11.7 Å². The number of piperazine rings is 1. The van der Waals surface area contributed by atoms with Crippen LogP contribution in [0.15, 0.2) is 66.7 Å². The number of methoxy groups -OCH3 is 1. The first-order chi connectivity index (χ1) is 18.9. The largest absolute Gasteiger partial charge is 0.493 e. The number of benzene rings is 3. The first-order valence-corrected chi connectivity index (χ1v) is 13.0. The van der Waals surface area contributed by atoms with Crippen molar-refractivity contribution in [1.82, 2.24) is 14.7 Å². The molecule has 1 fully saturated rings. The van der Waals surface area contributed by atoms with Gasteiger partial charge in [-0.2, -0.15) is 4.68 Å². The van der Waals surface area contributed by atoms with E-state index < -0.39 is 5.82 Å². The minimum atomic E-state index is -0.407. The van der Waals surface area contributed by atoms with Gasteiger partial charge in [-0.15, -0.1) is 5.10 Å². The third-order valence-electron chi connectivity index (χ3n) is 6.95. The molecule has 39 heavy (non-hydrogen) atoms. The lowest BCUT2D eigenvalue weighted by Crippen LogP contribution is -2.47. The summed E-state index contributed by atoms with van der Waals surface area (Å²) in [7, 11) is 1.56. The molecule has 0 atom stereocenters. The number of rotatable bonds is 9. The van der Waals surface area contributed by atoms with Crippen molar-refractivity contribution in [2.45, 2.75) is 13.3 Å². The second-order valence-electron chi connectivity index (χ2n) is 9.52. The number of anilines is 1. The third-order valence-corrected chi connectivity index (χ3v) is 6.95. The summed E-state index contributed by atoms with van der Waals surface area (Å²) in [6, 6.07) is 18.6. The van der Waals surface area contributed by atoms with Crippen LogP contribution < -0.4 is 14.4 Å². The van der Waals surface area contributed by atoms with Crippen molar-refractivity contribution in [3.05, 3.63) is 83.7 Å². The minimum absolute atomic E-state index is 0.0197. The minimum Gasteiger partial charge on any atom is -0.493 e. The Morgan fingerprint density at radius 3 is 2.41 bits per heavy atom. The van der Waals surface area contributed by atoms with Crippen LogP contribution in [0.1, 0.15) is 34.1 Å². The molecule has 202 valence electrons. The second kappa shape index (κ2) is 11.7. The normalized spacial score (nSPS) is 14.0. The molecule has 1 aromatic heterocycles. The Morgan fingerprint density at radius 2 is 1.69 bits per heavy atom. The fourth-order valence-corrected chi connectivity index (χ4v) is 4.82. The van der Waals surface area contributed by atoms with Gasteiger partial charge in [0.15, 0.2) is 23.1 Å². The average Bonchev–Trinajstić information content (AvgIpc) is 3.34. The Morgan fingerprint density at radius 1 is 0.923 bits per heavy atom. The van der Waals surface area contributed by atoms with Gasteiger partial charge in [-0.1, -0.05) is 18.2 Å². The van der Waals surface area contributed by atoms with Gasteiger partial charge in [0.1, 0.15) is 5.82 Å². The fourth-order valence-electron chi connectivity index (χ4n) is 4.82. The zero-order valence-corrected chi connectivity index (χ0v) is 22.1. The average molecular weight is 531 g/mol. The van der Waals surface area contributed by atoms with Crippen LogP contribution >= 0.6 is 0 Å². The molecule has 0 amide bonds. The monoisotopic (exact) mass is 530 g/mol. The molecule has 9 heteroatoms. The lowest BCUT2D eigenvalue weighted by atomic mass is 10.1. The quantitative estimate of drug-likeness (QED) is 0.230. The number of carbonyl (C=O) groups excluding carboxylic acids is 2. The molecule has 5 rings (SSSR count). The third kappa shape index (κ3) is 5.78. The summed E-state index contributed by atoms with van der Waals surface area (Å²) in [5.74, 6) is 1.15. The Labute approximate surface area is 226 Å². The molecule has 0 spiro atoms. The summed E-state index contributed by atoms with van der Waals surface area (Å²) in [5.41, 5.74) is 1.55. The smallest absolute Gasteiger partial charge is 0.278 e. The molecule has 1 saturated heterocycles. The van der Waals surface area contributed by atoms with Crippen molar-refractivity contribution in [3.8, 4) is 11.5 Å². The van der Waals surface area contributed by atoms with Gasteiger partial charge in [-0.3, -0.25) is 14.5 Å². The SMILES string of the molecule is COc1cc(C(C)=O)ccc1OCCCN1CCN(c2nn(C(=O)c3ccccc3)c3cc(F)ccc23)CC1. The molecule has 1 aliphatic heterocycles. The van der Waals surface area contributed by atoms with Crippen molar-refractivity contribution in [1.29, 1.82) is 0 Å². The van der Waals surface area contributed by atoms with E-state index in [9.17, 15) is 14.0 Å². The van der Waals surface area contributed by atoms with Crippen LogP contribution in [0.4, 0.5) is 10.2 Å². The van der Waals surface area contributed by atoms with E-state index in [0.717, 1.165) is 44.5 Å². The molecule has 2 heterocycles. The summed E-state index contributed by atoms with van der Waals surface area (Å²) in [6.07, 6.45) is 0.833.